The lowest BCUT2D eigenvalue weighted by atomic mass is 10.1. The van der Waals surface area contributed by atoms with E-state index >= 15 is 0 Å². The Morgan fingerprint density at radius 2 is 2.04 bits per heavy atom. The molecule has 5 nitrogen and oxygen atoms in total. The number of nitrogens with zero attached hydrogens (tertiary/aromatic N) is 1. The van der Waals surface area contributed by atoms with Crippen LogP contribution >= 0.6 is 0 Å². The first-order chi connectivity index (χ1) is 12.0. The first-order valence-corrected chi connectivity index (χ1v) is 8.95. The van der Waals surface area contributed by atoms with Crippen molar-refractivity contribution in [2.24, 2.45) is 4.99 Å². The van der Waals surface area contributed by atoms with Crippen molar-refractivity contribution >= 4 is 5.96 Å². The standard InChI is InChI=1S/C20H31N3O2/c1-20(2,3)25-18-8-6-5-7-17(18)15-23-19(21-4)22-12-9-16-10-13-24-14-11-16/h5-8,10H,9,11-15H2,1-4H3,(H2,21,22,23). The molecule has 0 bridgehead atoms. The summed E-state index contributed by atoms with van der Waals surface area (Å²) in [5, 5.41) is 6.74. The van der Waals surface area contributed by atoms with Crippen LogP contribution in [0, 0.1) is 0 Å². The molecule has 0 amide bonds. The molecule has 0 atom stereocenters. The number of nitrogens with one attached hydrogen (secondary N) is 2. The van der Waals surface area contributed by atoms with Crippen molar-refractivity contribution < 1.29 is 9.47 Å². The SMILES string of the molecule is CN=C(NCCC1=CCOCC1)NCc1ccccc1OC(C)(C)C. The number of aliphatic imine (C=N–C) groups is 1. The number of guanidine groups is 1. The summed E-state index contributed by atoms with van der Waals surface area (Å²) < 4.78 is 11.4. The molecule has 1 aromatic carbocycles. The van der Waals surface area contributed by atoms with Gasteiger partial charge in [-0.1, -0.05) is 29.8 Å². The van der Waals surface area contributed by atoms with E-state index < -0.39 is 0 Å². The molecule has 2 rings (SSSR count). The molecule has 0 aliphatic carbocycles. The van der Waals surface area contributed by atoms with Crippen LogP contribution in [0.1, 0.15) is 39.2 Å². The molecule has 0 fully saturated rings. The minimum atomic E-state index is -0.215. The number of benzene rings is 1. The smallest absolute Gasteiger partial charge is 0.191 e. The number of hydrogen-bond acceptors (Lipinski definition) is 3. The molecule has 0 spiro atoms. The van der Waals surface area contributed by atoms with Crippen LogP contribution in [-0.4, -0.2) is 38.4 Å². The maximum atomic E-state index is 6.04. The molecule has 0 unspecified atom stereocenters. The summed E-state index contributed by atoms with van der Waals surface area (Å²) >= 11 is 0. The highest BCUT2D eigenvalue weighted by Gasteiger charge is 2.14. The quantitative estimate of drug-likeness (QED) is 0.472. The summed E-state index contributed by atoms with van der Waals surface area (Å²) in [4.78, 5) is 4.30. The van der Waals surface area contributed by atoms with Crippen molar-refractivity contribution in [3.05, 3.63) is 41.5 Å². The lowest BCUT2D eigenvalue weighted by Crippen LogP contribution is -2.37. The average Bonchev–Trinajstić information content (AvgIpc) is 2.58. The highest BCUT2D eigenvalue weighted by Crippen LogP contribution is 2.22. The molecule has 0 saturated carbocycles. The summed E-state index contributed by atoms with van der Waals surface area (Å²) in [6.45, 7) is 9.29. The topological polar surface area (TPSA) is 54.9 Å². The van der Waals surface area contributed by atoms with E-state index in [-0.39, 0.29) is 5.60 Å². The fraction of sp³-hybridized carbons (Fsp3) is 0.550. The van der Waals surface area contributed by atoms with Crippen LogP contribution in [0.15, 0.2) is 40.9 Å². The van der Waals surface area contributed by atoms with E-state index in [1.165, 1.54) is 5.57 Å². The third-order valence-corrected chi connectivity index (χ3v) is 3.85. The van der Waals surface area contributed by atoms with Gasteiger partial charge in [0, 0.05) is 25.7 Å². The van der Waals surface area contributed by atoms with Crippen molar-refractivity contribution in [3.8, 4) is 5.75 Å². The highest BCUT2D eigenvalue weighted by atomic mass is 16.5. The first kappa shape index (κ1) is 19.3. The zero-order valence-corrected chi connectivity index (χ0v) is 15.9. The van der Waals surface area contributed by atoms with E-state index in [1.807, 2.05) is 18.2 Å². The van der Waals surface area contributed by atoms with Crippen molar-refractivity contribution in [2.75, 3.05) is 26.8 Å². The van der Waals surface area contributed by atoms with Gasteiger partial charge in [-0.3, -0.25) is 4.99 Å². The Morgan fingerprint density at radius 1 is 1.24 bits per heavy atom. The largest absolute Gasteiger partial charge is 0.488 e. The Kier molecular flexibility index (Phi) is 7.31. The second-order valence-electron chi connectivity index (χ2n) is 7.11. The normalized spacial score (nSPS) is 15.5. The van der Waals surface area contributed by atoms with Gasteiger partial charge in [-0.15, -0.1) is 0 Å². The van der Waals surface area contributed by atoms with Gasteiger partial charge in [-0.05, 0) is 39.7 Å². The third-order valence-electron chi connectivity index (χ3n) is 3.85. The van der Waals surface area contributed by atoms with E-state index in [2.05, 4.69) is 48.5 Å². The van der Waals surface area contributed by atoms with Crippen molar-refractivity contribution in [1.29, 1.82) is 0 Å². The van der Waals surface area contributed by atoms with E-state index in [9.17, 15) is 0 Å². The van der Waals surface area contributed by atoms with E-state index in [4.69, 9.17) is 9.47 Å². The number of para-hydroxylation sites is 1. The van der Waals surface area contributed by atoms with Crippen LogP contribution in [0.3, 0.4) is 0 Å². The maximum Gasteiger partial charge on any atom is 0.191 e. The van der Waals surface area contributed by atoms with Crippen LogP contribution in [0.4, 0.5) is 0 Å². The zero-order valence-electron chi connectivity index (χ0n) is 15.9. The second-order valence-corrected chi connectivity index (χ2v) is 7.11. The molecule has 1 heterocycles. The summed E-state index contributed by atoms with van der Waals surface area (Å²) in [5.41, 5.74) is 2.36. The van der Waals surface area contributed by atoms with Gasteiger partial charge in [0.25, 0.3) is 0 Å². The molecule has 138 valence electrons. The zero-order chi connectivity index (χ0) is 18.1. The van der Waals surface area contributed by atoms with E-state index in [0.29, 0.717) is 6.54 Å². The van der Waals surface area contributed by atoms with Crippen LogP contribution in [0.5, 0.6) is 5.75 Å². The molecule has 0 aromatic heterocycles. The minimum Gasteiger partial charge on any atom is -0.488 e. The van der Waals surface area contributed by atoms with Crippen LogP contribution in [0.2, 0.25) is 0 Å². The molecular weight excluding hydrogens is 314 g/mol. The number of hydrogen-bond donors (Lipinski definition) is 2. The van der Waals surface area contributed by atoms with Gasteiger partial charge in [0.15, 0.2) is 5.96 Å². The van der Waals surface area contributed by atoms with Crippen LogP contribution in [-0.2, 0) is 11.3 Å². The molecule has 25 heavy (non-hydrogen) atoms. The molecule has 2 N–H and O–H groups in total. The Bertz CT molecular complexity index is 603. The maximum absolute atomic E-state index is 6.04. The lowest BCUT2D eigenvalue weighted by molar-refractivity contribution is 0.129. The summed E-state index contributed by atoms with van der Waals surface area (Å²) in [5.74, 6) is 1.71. The molecule has 1 aliphatic heterocycles. The van der Waals surface area contributed by atoms with E-state index in [0.717, 1.165) is 49.9 Å². The van der Waals surface area contributed by atoms with Gasteiger partial charge in [-0.2, -0.15) is 0 Å². The van der Waals surface area contributed by atoms with Gasteiger partial charge in [0.1, 0.15) is 11.4 Å². The molecule has 5 heteroatoms. The minimum absolute atomic E-state index is 0.215. The highest BCUT2D eigenvalue weighted by molar-refractivity contribution is 5.79. The fourth-order valence-electron chi connectivity index (χ4n) is 2.61. The van der Waals surface area contributed by atoms with E-state index in [1.54, 1.807) is 7.05 Å². The number of ether oxygens (including phenoxy) is 2. The Balaban J connectivity index is 1.83. The third kappa shape index (κ3) is 7.18. The predicted molar refractivity (Wildman–Crippen MR) is 103 cm³/mol. The fourth-order valence-corrected chi connectivity index (χ4v) is 2.61. The summed E-state index contributed by atoms with van der Waals surface area (Å²) in [6, 6.07) is 8.11. The van der Waals surface area contributed by atoms with Crippen molar-refractivity contribution in [1.82, 2.24) is 10.6 Å². The van der Waals surface area contributed by atoms with Gasteiger partial charge in [0.05, 0.1) is 13.2 Å². The lowest BCUT2D eigenvalue weighted by Gasteiger charge is -2.23. The predicted octanol–water partition coefficient (Wildman–Crippen LogP) is 3.27. The monoisotopic (exact) mass is 345 g/mol. The molecular formula is C20H31N3O2. The molecule has 0 radical (unpaired) electrons. The second kappa shape index (κ2) is 9.47. The Morgan fingerprint density at radius 3 is 2.72 bits per heavy atom. The molecule has 1 aromatic rings. The van der Waals surface area contributed by atoms with Crippen LogP contribution < -0.4 is 15.4 Å². The molecule has 0 saturated heterocycles. The first-order valence-electron chi connectivity index (χ1n) is 8.95. The average molecular weight is 345 g/mol. The van der Waals surface area contributed by atoms with Crippen molar-refractivity contribution in [3.63, 3.8) is 0 Å². The van der Waals surface area contributed by atoms with Crippen molar-refractivity contribution in [2.45, 2.75) is 45.8 Å². The Hall–Kier alpha value is -2.01. The summed E-state index contributed by atoms with van der Waals surface area (Å²) in [7, 11) is 1.79. The van der Waals surface area contributed by atoms with Crippen LogP contribution in [0.25, 0.3) is 0 Å². The molecule has 1 aliphatic rings. The van der Waals surface area contributed by atoms with Gasteiger partial charge < -0.3 is 20.1 Å². The number of rotatable bonds is 6. The van der Waals surface area contributed by atoms with Gasteiger partial charge in [0.2, 0.25) is 0 Å². The Labute approximate surface area is 151 Å². The van der Waals surface area contributed by atoms with Gasteiger partial charge in [-0.25, -0.2) is 0 Å². The summed E-state index contributed by atoms with van der Waals surface area (Å²) in [6.07, 6.45) is 4.24. The van der Waals surface area contributed by atoms with Gasteiger partial charge >= 0.3 is 0 Å².